The summed E-state index contributed by atoms with van der Waals surface area (Å²) in [5.74, 6) is 0.553. The third-order valence-electron chi connectivity index (χ3n) is 2.85. The van der Waals surface area contributed by atoms with Gasteiger partial charge in [-0.05, 0) is 30.7 Å². The first kappa shape index (κ1) is 13.1. The highest BCUT2D eigenvalue weighted by Crippen LogP contribution is 2.20. The molecule has 0 aliphatic rings. The number of hydrogen-bond donors (Lipinski definition) is 0. The summed E-state index contributed by atoms with van der Waals surface area (Å²) in [6.45, 7) is 1.96. The number of carbonyl (C=O) groups excluding carboxylic acids is 1. The molecule has 0 bridgehead atoms. The van der Waals surface area contributed by atoms with Crippen LogP contribution < -0.4 is 4.74 Å². The van der Waals surface area contributed by atoms with Gasteiger partial charge in [0.05, 0.1) is 12.7 Å². The van der Waals surface area contributed by atoms with Crippen molar-refractivity contribution in [2.24, 2.45) is 0 Å². The third-order valence-corrected chi connectivity index (χ3v) is 2.85. The number of ketones is 1. The van der Waals surface area contributed by atoms with Gasteiger partial charge in [0.15, 0.2) is 5.78 Å². The third kappa shape index (κ3) is 3.32. The number of aryl methyl sites for hydroxylation is 1. The Kier molecular flexibility index (Phi) is 4.14. The fraction of sp³-hybridized carbons (Fsp3) is 0.118. The lowest BCUT2D eigenvalue weighted by Crippen LogP contribution is -1.99. The molecule has 2 aromatic carbocycles. The molecule has 0 aliphatic carbocycles. The summed E-state index contributed by atoms with van der Waals surface area (Å²) in [5, 5.41) is 0. The molecule has 0 saturated carbocycles. The molecular formula is C17H16O2. The van der Waals surface area contributed by atoms with E-state index >= 15 is 0 Å². The Morgan fingerprint density at radius 3 is 2.53 bits per heavy atom. The van der Waals surface area contributed by atoms with E-state index in [-0.39, 0.29) is 5.78 Å². The average Bonchev–Trinajstić information content (AvgIpc) is 2.46. The van der Waals surface area contributed by atoms with Crippen LogP contribution >= 0.6 is 0 Å². The largest absolute Gasteiger partial charge is 0.496 e. The summed E-state index contributed by atoms with van der Waals surface area (Å²) < 4.78 is 5.22. The van der Waals surface area contributed by atoms with Crippen LogP contribution in [0.5, 0.6) is 5.75 Å². The van der Waals surface area contributed by atoms with Crippen LogP contribution in [0.2, 0.25) is 0 Å². The molecule has 2 nitrogen and oxygen atoms in total. The predicted molar refractivity (Wildman–Crippen MR) is 77.5 cm³/mol. The molecule has 0 saturated heterocycles. The lowest BCUT2D eigenvalue weighted by Gasteiger charge is -2.06. The van der Waals surface area contributed by atoms with Crippen LogP contribution in [0, 0.1) is 6.92 Å². The molecular weight excluding hydrogens is 236 g/mol. The number of benzene rings is 2. The summed E-state index contributed by atoms with van der Waals surface area (Å²) >= 11 is 0. The van der Waals surface area contributed by atoms with Crippen molar-refractivity contribution in [1.82, 2.24) is 0 Å². The van der Waals surface area contributed by atoms with Gasteiger partial charge >= 0.3 is 0 Å². The highest BCUT2D eigenvalue weighted by atomic mass is 16.5. The van der Waals surface area contributed by atoms with Gasteiger partial charge in [-0.1, -0.05) is 48.0 Å². The van der Waals surface area contributed by atoms with E-state index in [1.54, 1.807) is 13.2 Å². The Morgan fingerprint density at radius 1 is 1.11 bits per heavy atom. The quantitative estimate of drug-likeness (QED) is 0.609. The van der Waals surface area contributed by atoms with Gasteiger partial charge in [-0.25, -0.2) is 0 Å². The van der Waals surface area contributed by atoms with Crippen molar-refractivity contribution in [1.29, 1.82) is 0 Å². The van der Waals surface area contributed by atoms with E-state index in [1.165, 1.54) is 0 Å². The molecule has 0 atom stereocenters. The molecule has 0 aliphatic heterocycles. The van der Waals surface area contributed by atoms with Crippen LogP contribution in [0.3, 0.4) is 0 Å². The Bertz CT molecular complexity index is 598. The first-order valence-corrected chi connectivity index (χ1v) is 6.13. The first-order valence-electron chi connectivity index (χ1n) is 6.13. The average molecular weight is 252 g/mol. The Morgan fingerprint density at radius 2 is 1.84 bits per heavy atom. The lowest BCUT2D eigenvalue weighted by atomic mass is 10.1. The van der Waals surface area contributed by atoms with E-state index in [0.717, 1.165) is 11.1 Å². The van der Waals surface area contributed by atoms with E-state index in [4.69, 9.17) is 4.74 Å². The SMILES string of the molecule is COc1ccc(C)cc1C(=O)/C=C/c1ccccc1. The van der Waals surface area contributed by atoms with Crippen LogP contribution in [0.15, 0.2) is 54.6 Å². The van der Waals surface area contributed by atoms with Crippen LogP contribution in [0.1, 0.15) is 21.5 Å². The zero-order valence-corrected chi connectivity index (χ0v) is 11.1. The van der Waals surface area contributed by atoms with E-state index in [9.17, 15) is 4.79 Å². The van der Waals surface area contributed by atoms with Crippen molar-refractivity contribution in [3.8, 4) is 5.75 Å². The number of ether oxygens (including phenoxy) is 1. The van der Waals surface area contributed by atoms with Crippen LogP contribution in [0.4, 0.5) is 0 Å². The van der Waals surface area contributed by atoms with Gasteiger partial charge in [0, 0.05) is 0 Å². The zero-order valence-electron chi connectivity index (χ0n) is 11.1. The minimum absolute atomic E-state index is 0.0515. The minimum atomic E-state index is -0.0515. The first-order chi connectivity index (χ1) is 9.20. The van der Waals surface area contributed by atoms with Gasteiger partial charge in [-0.2, -0.15) is 0 Å². The minimum Gasteiger partial charge on any atom is -0.496 e. The Hall–Kier alpha value is -2.35. The summed E-state index contributed by atoms with van der Waals surface area (Å²) in [7, 11) is 1.57. The molecule has 0 unspecified atom stereocenters. The maximum Gasteiger partial charge on any atom is 0.189 e. The summed E-state index contributed by atoms with van der Waals surface area (Å²) in [5.41, 5.74) is 2.63. The topological polar surface area (TPSA) is 26.3 Å². The second-order valence-electron chi connectivity index (χ2n) is 4.31. The molecule has 96 valence electrons. The van der Waals surface area contributed by atoms with Gasteiger partial charge in [0.25, 0.3) is 0 Å². The highest BCUT2D eigenvalue weighted by Gasteiger charge is 2.09. The Labute approximate surface area is 113 Å². The smallest absolute Gasteiger partial charge is 0.189 e. The van der Waals surface area contributed by atoms with Crippen molar-refractivity contribution in [2.45, 2.75) is 6.92 Å². The lowest BCUT2D eigenvalue weighted by molar-refractivity contribution is 0.104. The molecule has 0 radical (unpaired) electrons. The summed E-state index contributed by atoms with van der Waals surface area (Å²) in [6.07, 6.45) is 3.39. The van der Waals surface area contributed by atoms with Gasteiger partial charge in [0.1, 0.15) is 5.75 Å². The van der Waals surface area contributed by atoms with Crippen LogP contribution in [-0.2, 0) is 0 Å². The number of allylic oxidation sites excluding steroid dienone is 1. The molecule has 0 aromatic heterocycles. The van der Waals surface area contributed by atoms with Crippen molar-refractivity contribution < 1.29 is 9.53 Å². The normalized spacial score (nSPS) is 10.6. The summed E-state index contributed by atoms with van der Waals surface area (Å²) in [4.78, 5) is 12.2. The number of hydrogen-bond acceptors (Lipinski definition) is 2. The van der Waals surface area contributed by atoms with Crippen molar-refractivity contribution in [3.63, 3.8) is 0 Å². The fourth-order valence-corrected chi connectivity index (χ4v) is 1.84. The molecule has 0 heterocycles. The van der Waals surface area contributed by atoms with Crippen LogP contribution in [0.25, 0.3) is 6.08 Å². The van der Waals surface area contributed by atoms with E-state index in [1.807, 2.05) is 61.5 Å². The van der Waals surface area contributed by atoms with Crippen molar-refractivity contribution in [3.05, 3.63) is 71.3 Å². The molecule has 2 heteroatoms. The fourth-order valence-electron chi connectivity index (χ4n) is 1.84. The second kappa shape index (κ2) is 6.01. The molecule has 2 aromatic rings. The predicted octanol–water partition coefficient (Wildman–Crippen LogP) is 3.90. The second-order valence-corrected chi connectivity index (χ2v) is 4.31. The highest BCUT2D eigenvalue weighted by molar-refractivity contribution is 6.08. The maximum absolute atomic E-state index is 12.2. The maximum atomic E-state index is 12.2. The Balaban J connectivity index is 2.25. The number of carbonyl (C=O) groups is 1. The van der Waals surface area contributed by atoms with E-state index in [2.05, 4.69) is 0 Å². The van der Waals surface area contributed by atoms with E-state index < -0.39 is 0 Å². The molecule has 0 spiro atoms. The molecule has 0 N–H and O–H groups in total. The van der Waals surface area contributed by atoms with Gasteiger partial charge < -0.3 is 4.74 Å². The standard InChI is InChI=1S/C17H16O2/c1-13-8-11-17(19-2)15(12-13)16(18)10-9-14-6-4-3-5-7-14/h3-12H,1-2H3/b10-9+. The molecule has 0 fully saturated rings. The zero-order chi connectivity index (χ0) is 13.7. The van der Waals surface area contributed by atoms with Crippen LogP contribution in [-0.4, -0.2) is 12.9 Å². The van der Waals surface area contributed by atoms with Gasteiger partial charge in [0.2, 0.25) is 0 Å². The van der Waals surface area contributed by atoms with Crippen molar-refractivity contribution >= 4 is 11.9 Å². The molecule has 19 heavy (non-hydrogen) atoms. The van der Waals surface area contributed by atoms with Crippen molar-refractivity contribution in [2.75, 3.05) is 7.11 Å². The monoisotopic (exact) mass is 252 g/mol. The van der Waals surface area contributed by atoms with Gasteiger partial charge in [-0.15, -0.1) is 0 Å². The number of rotatable bonds is 4. The molecule has 0 amide bonds. The van der Waals surface area contributed by atoms with E-state index in [0.29, 0.717) is 11.3 Å². The molecule has 2 rings (SSSR count). The van der Waals surface area contributed by atoms with Gasteiger partial charge in [-0.3, -0.25) is 4.79 Å². The number of methoxy groups -OCH3 is 1. The summed E-state index contributed by atoms with van der Waals surface area (Å²) in [6, 6.07) is 15.3.